The van der Waals surface area contributed by atoms with Crippen molar-refractivity contribution in [3.05, 3.63) is 27.7 Å². The van der Waals surface area contributed by atoms with Gasteiger partial charge in [-0.2, -0.15) is 31.4 Å². The summed E-state index contributed by atoms with van der Waals surface area (Å²) in [5.74, 6) is -1.73. The van der Waals surface area contributed by atoms with Crippen LogP contribution in [0.3, 0.4) is 0 Å². The second-order valence-electron chi connectivity index (χ2n) is 3.42. The lowest BCUT2D eigenvalue weighted by Crippen LogP contribution is -2.32. The maximum Gasteiger partial charge on any atom is 0.450 e. The lowest BCUT2D eigenvalue weighted by molar-refractivity contribution is -0.137. The van der Waals surface area contributed by atoms with E-state index in [2.05, 4.69) is 10.8 Å². The minimum Gasteiger partial charge on any atom is -0.378 e. The summed E-state index contributed by atoms with van der Waals surface area (Å²) in [6.07, 6.45) is -9.59. The SMILES string of the molecule is N/C(=N\Nc1c(Cl)cc(C(F)(F)F)cc1Cl)C(F)(F)F. The summed E-state index contributed by atoms with van der Waals surface area (Å²) in [4.78, 5) is 0. The Morgan fingerprint density at radius 1 is 1.05 bits per heavy atom. The van der Waals surface area contributed by atoms with Crippen LogP contribution in [-0.2, 0) is 6.18 Å². The predicted molar refractivity (Wildman–Crippen MR) is 62.8 cm³/mol. The van der Waals surface area contributed by atoms with Crippen LogP contribution in [0.15, 0.2) is 17.2 Å². The van der Waals surface area contributed by atoms with Gasteiger partial charge >= 0.3 is 12.4 Å². The van der Waals surface area contributed by atoms with E-state index < -0.39 is 39.5 Å². The number of hydrazone groups is 1. The zero-order valence-corrected chi connectivity index (χ0v) is 10.7. The van der Waals surface area contributed by atoms with E-state index in [-0.39, 0.29) is 0 Å². The molecule has 1 aromatic carbocycles. The lowest BCUT2D eigenvalue weighted by Gasteiger charge is -2.12. The molecule has 112 valence electrons. The highest BCUT2D eigenvalue weighted by atomic mass is 35.5. The third-order valence-corrected chi connectivity index (χ3v) is 2.54. The fraction of sp³-hybridized carbons (Fsp3) is 0.222. The fourth-order valence-electron chi connectivity index (χ4n) is 1.02. The summed E-state index contributed by atoms with van der Waals surface area (Å²) < 4.78 is 73.4. The van der Waals surface area contributed by atoms with Crippen molar-refractivity contribution in [3.63, 3.8) is 0 Å². The van der Waals surface area contributed by atoms with Crippen molar-refractivity contribution in [1.82, 2.24) is 0 Å². The average Bonchev–Trinajstić information content (AvgIpc) is 2.24. The van der Waals surface area contributed by atoms with Gasteiger partial charge in [-0.3, -0.25) is 5.43 Å². The van der Waals surface area contributed by atoms with Gasteiger partial charge in [0.25, 0.3) is 0 Å². The van der Waals surface area contributed by atoms with Gasteiger partial charge in [-0.05, 0) is 12.1 Å². The number of nitrogens with zero attached hydrogens (tertiary/aromatic N) is 1. The van der Waals surface area contributed by atoms with Crippen molar-refractivity contribution in [2.75, 3.05) is 5.43 Å². The maximum absolute atomic E-state index is 12.4. The molecule has 0 saturated heterocycles. The molecule has 0 amide bonds. The van der Waals surface area contributed by atoms with Gasteiger partial charge in [0.15, 0.2) is 0 Å². The predicted octanol–water partition coefficient (Wildman–Crippen LogP) is 4.26. The van der Waals surface area contributed by atoms with Gasteiger partial charge < -0.3 is 5.73 Å². The average molecular weight is 340 g/mol. The van der Waals surface area contributed by atoms with Gasteiger partial charge in [-0.25, -0.2) is 0 Å². The summed E-state index contributed by atoms with van der Waals surface area (Å²) in [6.45, 7) is 0. The van der Waals surface area contributed by atoms with Crippen LogP contribution in [0.5, 0.6) is 0 Å². The number of rotatable bonds is 2. The molecule has 0 heterocycles. The summed E-state index contributed by atoms with van der Waals surface area (Å²) >= 11 is 11.0. The third-order valence-electron chi connectivity index (χ3n) is 1.95. The number of benzene rings is 1. The molecule has 11 heteroatoms. The molecule has 0 aliphatic rings. The number of halogens is 8. The molecule has 0 bridgehead atoms. The van der Waals surface area contributed by atoms with E-state index in [9.17, 15) is 26.3 Å². The van der Waals surface area contributed by atoms with Crippen molar-refractivity contribution >= 4 is 34.7 Å². The van der Waals surface area contributed by atoms with Crippen LogP contribution in [0.2, 0.25) is 10.0 Å². The molecule has 0 aromatic heterocycles. The van der Waals surface area contributed by atoms with Crippen molar-refractivity contribution in [2.45, 2.75) is 12.4 Å². The van der Waals surface area contributed by atoms with Crippen molar-refractivity contribution in [3.8, 4) is 0 Å². The van der Waals surface area contributed by atoms with E-state index in [1.165, 1.54) is 0 Å². The molecular weight excluding hydrogens is 335 g/mol. The quantitative estimate of drug-likeness (QED) is 0.366. The Hall–Kier alpha value is -1.35. The molecule has 0 aliphatic carbocycles. The third kappa shape index (κ3) is 4.07. The standard InChI is InChI=1S/C9H5Cl2F6N3/c10-4-1-3(8(12,13)14)2-5(11)6(4)19-20-7(18)9(15,16)17/h1-2,19H,(H2,18,20). The molecule has 0 fully saturated rings. The highest BCUT2D eigenvalue weighted by molar-refractivity contribution is 6.39. The number of nitrogens with two attached hydrogens (primary N) is 1. The normalized spacial score (nSPS) is 13.5. The van der Waals surface area contributed by atoms with Crippen LogP contribution in [0.4, 0.5) is 32.0 Å². The first-order valence-corrected chi connectivity index (χ1v) is 5.41. The summed E-state index contributed by atoms with van der Waals surface area (Å²) in [6, 6.07) is 0.990. The fourth-order valence-corrected chi connectivity index (χ4v) is 1.59. The zero-order chi connectivity index (χ0) is 15.7. The smallest absolute Gasteiger partial charge is 0.378 e. The van der Waals surface area contributed by atoms with Gasteiger partial charge in [-0.15, -0.1) is 0 Å². The Bertz CT molecular complexity index is 514. The van der Waals surface area contributed by atoms with E-state index in [4.69, 9.17) is 23.2 Å². The zero-order valence-electron chi connectivity index (χ0n) is 9.20. The first-order valence-electron chi connectivity index (χ1n) is 4.65. The van der Waals surface area contributed by atoms with Crippen LogP contribution < -0.4 is 11.2 Å². The number of alkyl halides is 6. The van der Waals surface area contributed by atoms with Crippen LogP contribution >= 0.6 is 23.2 Å². The molecular formula is C9H5Cl2F6N3. The van der Waals surface area contributed by atoms with E-state index in [0.29, 0.717) is 12.1 Å². The summed E-state index contributed by atoms with van der Waals surface area (Å²) in [7, 11) is 0. The van der Waals surface area contributed by atoms with Crippen LogP contribution in [0.25, 0.3) is 0 Å². The molecule has 0 unspecified atom stereocenters. The number of anilines is 1. The Morgan fingerprint density at radius 2 is 1.50 bits per heavy atom. The summed E-state index contributed by atoms with van der Waals surface area (Å²) in [5.41, 5.74) is 4.80. The molecule has 0 atom stereocenters. The molecule has 20 heavy (non-hydrogen) atoms. The molecule has 1 aromatic rings. The van der Waals surface area contributed by atoms with Crippen LogP contribution in [0, 0.1) is 0 Å². The second-order valence-corrected chi connectivity index (χ2v) is 4.23. The van der Waals surface area contributed by atoms with Crippen molar-refractivity contribution < 1.29 is 26.3 Å². The Labute approximate surface area is 118 Å². The van der Waals surface area contributed by atoms with E-state index in [1.807, 2.05) is 0 Å². The monoisotopic (exact) mass is 339 g/mol. The number of hydrogen-bond acceptors (Lipinski definition) is 2. The molecule has 0 aliphatic heterocycles. The second kappa shape index (κ2) is 5.57. The van der Waals surface area contributed by atoms with E-state index >= 15 is 0 Å². The van der Waals surface area contributed by atoms with Crippen molar-refractivity contribution in [1.29, 1.82) is 0 Å². The van der Waals surface area contributed by atoms with Crippen molar-refractivity contribution in [2.24, 2.45) is 10.8 Å². The van der Waals surface area contributed by atoms with E-state index in [1.54, 1.807) is 5.43 Å². The molecule has 3 nitrogen and oxygen atoms in total. The van der Waals surface area contributed by atoms with Gasteiger partial charge in [0.05, 0.1) is 21.3 Å². The molecule has 0 spiro atoms. The van der Waals surface area contributed by atoms with Gasteiger partial charge in [0.2, 0.25) is 5.84 Å². The van der Waals surface area contributed by atoms with Crippen LogP contribution in [0.1, 0.15) is 5.56 Å². The first kappa shape index (κ1) is 16.7. The van der Waals surface area contributed by atoms with Gasteiger partial charge in [0, 0.05) is 0 Å². The van der Waals surface area contributed by atoms with E-state index in [0.717, 1.165) is 0 Å². The highest BCUT2D eigenvalue weighted by Crippen LogP contribution is 2.38. The Morgan fingerprint density at radius 3 is 1.85 bits per heavy atom. The minimum atomic E-state index is -4.89. The number of amidine groups is 1. The molecule has 1 rings (SSSR count). The largest absolute Gasteiger partial charge is 0.450 e. The molecule has 3 N–H and O–H groups in total. The minimum absolute atomic E-state index is 0.423. The first-order chi connectivity index (χ1) is 8.93. The van der Waals surface area contributed by atoms with Gasteiger partial charge in [-0.1, -0.05) is 23.2 Å². The Balaban J connectivity index is 3.11. The lowest BCUT2D eigenvalue weighted by atomic mass is 10.2. The topological polar surface area (TPSA) is 50.4 Å². The van der Waals surface area contributed by atoms with Crippen LogP contribution in [-0.4, -0.2) is 12.0 Å². The Kier molecular flexibility index (Phi) is 4.65. The van der Waals surface area contributed by atoms with Gasteiger partial charge in [0.1, 0.15) is 0 Å². The molecule has 0 saturated carbocycles. The number of nitrogens with one attached hydrogen (secondary N) is 1. The molecule has 0 radical (unpaired) electrons. The summed E-state index contributed by atoms with van der Waals surface area (Å²) in [5, 5.41) is 1.64. The number of hydrogen-bond donors (Lipinski definition) is 2. The maximum atomic E-state index is 12.4. The highest BCUT2D eigenvalue weighted by Gasteiger charge is 2.34.